The molecule has 0 aliphatic carbocycles. The number of fused-ring (bicyclic) bond motifs is 1. The number of carbonyl (C=O) groups is 3. The van der Waals surface area contributed by atoms with E-state index >= 15 is 0 Å². The van der Waals surface area contributed by atoms with Gasteiger partial charge in [0.25, 0.3) is 0 Å². The third-order valence-electron chi connectivity index (χ3n) is 4.08. The molecule has 0 aromatic heterocycles. The smallest absolute Gasteiger partial charge is 0.228 e. The number of carbonyl (C=O) groups excluding carboxylic acids is 3. The standard InChI is InChI=1S/C20H20N2O4/c1-2-26-16-6-4-15(5-7-16)21-19(24)10-9-18(23)13-3-8-17-14(11-13)12-20(25)22-17/h3-8,11H,2,9-10,12H2,1H3,(H,21,24)(H,22,25). The number of nitrogens with one attached hydrogen (secondary N) is 2. The number of benzene rings is 2. The Kier molecular flexibility index (Phi) is 5.31. The van der Waals surface area contributed by atoms with Crippen LogP contribution in [0.4, 0.5) is 11.4 Å². The molecular weight excluding hydrogens is 332 g/mol. The van der Waals surface area contributed by atoms with E-state index in [9.17, 15) is 14.4 Å². The molecule has 0 saturated carbocycles. The molecule has 6 heteroatoms. The van der Waals surface area contributed by atoms with Crippen LogP contribution in [0.2, 0.25) is 0 Å². The van der Waals surface area contributed by atoms with Gasteiger partial charge in [0.05, 0.1) is 13.0 Å². The van der Waals surface area contributed by atoms with Gasteiger partial charge >= 0.3 is 0 Å². The summed E-state index contributed by atoms with van der Waals surface area (Å²) in [4.78, 5) is 35.7. The van der Waals surface area contributed by atoms with Crippen molar-refractivity contribution in [2.24, 2.45) is 0 Å². The fourth-order valence-electron chi connectivity index (χ4n) is 2.80. The van der Waals surface area contributed by atoms with Crippen LogP contribution in [0.3, 0.4) is 0 Å². The number of ketones is 1. The summed E-state index contributed by atoms with van der Waals surface area (Å²) in [6, 6.07) is 12.2. The lowest BCUT2D eigenvalue weighted by atomic mass is 10.0. The van der Waals surface area contributed by atoms with Gasteiger partial charge in [-0.25, -0.2) is 0 Å². The van der Waals surface area contributed by atoms with Gasteiger partial charge in [0.2, 0.25) is 11.8 Å². The SMILES string of the molecule is CCOc1ccc(NC(=O)CCC(=O)c2ccc3c(c2)CC(=O)N3)cc1. The first-order valence-corrected chi connectivity index (χ1v) is 8.54. The topological polar surface area (TPSA) is 84.5 Å². The Morgan fingerprint density at radius 2 is 1.88 bits per heavy atom. The van der Waals surface area contributed by atoms with Crippen molar-refractivity contribution in [3.8, 4) is 5.75 Å². The molecule has 134 valence electrons. The fourth-order valence-corrected chi connectivity index (χ4v) is 2.80. The summed E-state index contributed by atoms with van der Waals surface area (Å²) in [7, 11) is 0. The quantitative estimate of drug-likeness (QED) is 0.750. The molecular formula is C20H20N2O4. The highest BCUT2D eigenvalue weighted by atomic mass is 16.5. The molecule has 1 aliphatic rings. The van der Waals surface area contributed by atoms with Gasteiger partial charge < -0.3 is 15.4 Å². The molecule has 0 saturated heterocycles. The molecule has 2 N–H and O–H groups in total. The lowest BCUT2D eigenvalue weighted by Gasteiger charge is -2.07. The third-order valence-corrected chi connectivity index (χ3v) is 4.08. The first-order valence-electron chi connectivity index (χ1n) is 8.54. The third kappa shape index (κ3) is 4.27. The van der Waals surface area contributed by atoms with Gasteiger partial charge in [-0.1, -0.05) is 0 Å². The van der Waals surface area contributed by atoms with E-state index in [0.29, 0.717) is 17.9 Å². The van der Waals surface area contributed by atoms with E-state index in [4.69, 9.17) is 4.74 Å². The summed E-state index contributed by atoms with van der Waals surface area (Å²) in [6.45, 7) is 2.49. The number of amides is 2. The highest BCUT2D eigenvalue weighted by Crippen LogP contribution is 2.24. The Bertz CT molecular complexity index is 843. The fraction of sp³-hybridized carbons (Fsp3) is 0.250. The molecule has 2 aromatic rings. The molecule has 26 heavy (non-hydrogen) atoms. The van der Waals surface area contributed by atoms with E-state index in [1.807, 2.05) is 6.92 Å². The minimum absolute atomic E-state index is 0.0701. The van der Waals surface area contributed by atoms with Crippen molar-refractivity contribution < 1.29 is 19.1 Å². The lowest BCUT2D eigenvalue weighted by Crippen LogP contribution is -2.13. The van der Waals surface area contributed by atoms with Gasteiger partial charge in [0.1, 0.15) is 5.75 Å². The Hall–Kier alpha value is -3.15. The molecule has 1 heterocycles. The van der Waals surface area contributed by atoms with Crippen LogP contribution < -0.4 is 15.4 Å². The summed E-state index contributed by atoms with van der Waals surface area (Å²) < 4.78 is 5.35. The molecule has 1 aliphatic heterocycles. The van der Waals surface area contributed by atoms with Crippen molar-refractivity contribution >= 4 is 29.0 Å². The zero-order valence-electron chi connectivity index (χ0n) is 14.5. The van der Waals surface area contributed by atoms with Crippen LogP contribution in [0.5, 0.6) is 5.75 Å². The Morgan fingerprint density at radius 3 is 2.62 bits per heavy atom. The van der Waals surface area contributed by atoms with Gasteiger partial charge in [-0.2, -0.15) is 0 Å². The number of hydrogen-bond acceptors (Lipinski definition) is 4. The van der Waals surface area contributed by atoms with Crippen LogP contribution in [0.1, 0.15) is 35.7 Å². The minimum Gasteiger partial charge on any atom is -0.494 e. The van der Waals surface area contributed by atoms with E-state index in [1.54, 1.807) is 42.5 Å². The normalized spacial score (nSPS) is 12.3. The van der Waals surface area contributed by atoms with E-state index < -0.39 is 0 Å². The van der Waals surface area contributed by atoms with Crippen molar-refractivity contribution in [2.45, 2.75) is 26.2 Å². The summed E-state index contributed by atoms with van der Waals surface area (Å²) in [5.41, 5.74) is 2.75. The second kappa shape index (κ2) is 7.82. The maximum atomic E-state index is 12.3. The highest BCUT2D eigenvalue weighted by Gasteiger charge is 2.19. The Labute approximate surface area is 151 Å². The Morgan fingerprint density at radius 1 is 1.12 bits per heavy atom. The first kappa shape index (κ1) is 17.7. The van der Waals surface area contributed by atoms with Crippen molar-refractivity contribution in [1.29, 1.82) is 0 Å². The summed E-state index contributed by atoms with van der Waals surface area (Å²) in [5, 5.41) is 5.49. The van der Waals surface area contributed by atoms with Crippen molar-refractivity contribution in [3.63, 3.8) is 0 Å². The molecule has 6 nitrogen and oxygen atoms in total. The predicted molar refractivity (Wildman–Crippen MR) is 98.6 cm³/mol. The van der Waals surface area contributed by atoms with Gasteiger partial charge in [0, 0.05) is 29.8 Å². The van der Waals surface area contributed by atoms with Crippen LogP contribution >= 0.6 is 0 Å². The van der Waals surface area contributed by atoms with Crippen molar-refractivity contribution in [2.75, 3.05) is 17.2 Å². The van der Waals surface area contributed by atoms with Crippen LogP contribution in [0.25, 0.3) is 0 Å². The van der Waals surface area contributed by atoms with Crippen LogP contribution in [-0.4, -0.2) is 24.2 Å². The summed E-state index contributed by atoms with van der Waals surface area (Å²) in [6.07, 6.45) is 0.498. The van der Waals surface area contributed by atoms with Gasteiger partial charge in [-0.15, -0.1) is 0 Å². The lowest BCUT2D eigenvalue weighted by molar-refractivity contribution is -0.116. The van der Waals surface area contributed by atoms with Crippen molar-refractivity contribution in [3.05, 3.63) is 53.6 Å². The molecule has 0 unspecified atom stereocenters. The monoisotopic (exact) mass is 352 g/mol. The van der Waals surface area contributed by atoms with E-state index in [0.717, 1.165) is 17.0 Å². The van der Waals surface area contributed by atoms with Gasteiger partial charge in [0.15, 0.2) is 5.78 Å². The maximum absolute atomic E-state index is 12.3. The summed E-state index contributed by atoms with van der Waals surface area (Å²) >= 11 is 0. The molecule has 3 rings (SSSR count). The van der Waals surface area contributed by atoms with Crippen molar-refractivity contribution in [1.82, 2.24) is 0 Å². The number of Topliss-reactive ketones (excluding diaryl/α,β-unsaturated/α-hetero) is 1. The minimum atomic E-state index is -0.222. The number of rotatable bonds is 7. The number of ether oxygens (including phenoxy) is 1. The van der Waals surface area contributed by atoms with Gasteiger partial charge in [-0.3, -0.25) is 14.4 Å². The van der Waals surface area contributed by atoms with Crippen LogP contribution in [-0.2, 0) is 16.0 Å². The number of anilines is 2. The second-order valence-electron chi connectivity index (χ2n) is 6.03. The largest absolute Gasteiger partial charge is 0.494 e. The van der Waals surface area contributed by atoms with E-state index in [-0.39, 0.29) is 36.9 Å². The second-order valence-corrected chi connectivity index (χ2v) is 6.03. The summed E-state index contributed by atoms with van der Waals surface area (Å²) in [5.74, 6) is 0.332. The average Bonchev–Trinajstić information content (AvgIpc) is 3.00. The van der Waals surface area contributed by atoms with Crippen LogP contribution in [0, 0.1) is 0 Å². The highest BCUT2D eigenvalue weighted by molar-refractivity contribution is 6.03. The van der Waals surface area contributed by atoms with E-state index in [1.165, 1.54) is 0 Å². The maximum Gasteiger partial charge on any atom is 0.228 e. The molecule has 2 aromatic carbocycles. The molecule has 0 spiro atoms. The first-order chi connectivity index (χ1) is 12.5. The number of hydrogen-bond donors (Lipinski definition) is 2. The molecule has 0 bridgehead atoms. The van der Waals surface area contributed by atoms with E-state index in [2.05, 4.69) is 10.6 Å². The van der Waals surface area contributed by atoms with Gasteiger partial charge in [-0.05, 0) is 55.0 Å². The Balaban J connectivity index is 1.52. The molecule has 2 amide bonds. The predicted octanol–water partition coefficient (Wildman–Crippen LogP) is 3.18. The molecule has 0 atom stereocenters. The molecule has 0 radical (unpaired) electrons. The average molecular weight is 352 g/mol. The van der Waals surface area contributed by atoms with Crippen LogP contribution in [0.15, 0.2) is 42.5 Å². The zero-order chi connectivity index (χ0) is 18.5. The zero-order valence-corrected chi connectivity index (χ0v) is 14.5. The molecule has 0 fully saturated rings.